The minimum atomic E-state index is 0.247. The molecule has 0 aliphatic carbocycles. The molecule has 0 atom stereocenters. The molecule has 0 bridgehead atoms. The second kappa shape index (κ2) is 6.09. The fraction of sp³-hybridized carbons (Fsp3) is 0.545. The zero-order valence-electron chi connectivity index (χ0n) is 9.50. The third-order valence-electron chi connectivity index (χ3n) is 1.74. The molecule has 1 heterocycles. The zero-order chi connectivity index (χ0) is 11.1. The summed E-state index contributed by atoms with van der Waals surface area (Å²) in [7, 11) is 0. The molecule has 0 N–H and O–H groups in total. The number of rotatable bonds is 1. The molecule has 1 aromatic heterocycles. The van der Waals surface area contributed by atoms with Gasteiger partial charge in [-0.05, 0) is 18.4 Å². The molecule has 0 unspecified atom stereocenters. The van der Waals surface area contributed by atoms with E-state index in [-0.39, 0.29) is 5.82 Å². The number of aromatic nitrogens is 2. The molecular weight excluding hydrogens is 174 g/mol. The van der Waals surface area contributed by atoms with Crippen molar-refractivity contribution in [3.8, 4) is 6.07 Å². The lowest BCUT2D eigenvalue weighted by molar-refractivity contribution is 0.825. The van der Waals surface area contributed by atoms with Gasteiger partial charge in [-0.15, -0.1) is 0 Å². The minimum absolute atomic E-state index is 0.247. The molecule has 0 radical (unpaired) electrons. The molecule has 1 aromatic rings. The van der Waals surface area contributed by atoms with E-state index in [1.807, 2.05) is 26.8 Å². The summed E-state index contributed by atoms with van der Waals surface area (Å²) in [4.78, 5) is 7.95. The predicted molar refractivity (Wildman–Crippen MR) is 56.9 cm³/mol. The highest BCUT2D eigenvalue weighted by Crippen LogP contribution is 2.15. The topological polar surface area (TPSA) is 49.6 Å². The van der Waals surface area contributed by atoms with Crippen LogP contribution in [0.25, 0.3) is 0 Å². The molecular formula is C11H17N3. The van der Waals surface area contributed by atoms with Crippen molar-refractivity contribution in [3.05, 3.63) is 23.3 Å². The Morgan fingerprint density at radius 3 is 2.29 bits per heavy atom. The van der Waals surface area contributed by atoms with Gasteiger partial charge in [-0.2, -0.15) is 5.26 Å². The van der Waals surface area contributed by atoms with Crippen molar-refractivity contribution in [3.63, 3.8) is 0 Å². The van der Waals surface area contributed by atoms with Crippen LogP contribution < -0.4 is 0 Å². The summed E-state index contributed by atoms with van der Waals surface area (Å²) >= 11 is 0. The van der Waals surface area contributed by atoms with E-state index in [1.54, 1.807) is 6.20 Å². The molecule has 3 heteroatoms. The molecule has 0 aromatic carbocycles. The van der Waals surface area contributed by atoms with Crippen molar-refractivity contribution < 1.29 is 0 Å². The fourth-order valence-electron chi connectivity index (χ4n) is 1.10. The second-order valence-electron chi connectivity index (χ2n) is 3.00. The lowest BCUT2D eigenvalue weighted by atomic mass is 10.0. The van der Waals surface area contributed by atoms with E-state index in [0.717, 1.165) is 11.3 Å². The van der Waals surface area contributed by atoms with Crippen molar-refractivity contribution in [1.29, 1.82) is 5.26 Å². The van der Waals surface area contributed by atoms with E-state index in [9.17, 15) is 0 Å². The van der Waals surface area contributed by atoms with Crippen LogP contribution in [0, 0.1) is 18.3 Å². The van der Waals surface area contributed by atoms with Gasteiger partial charge in [0.1, 0.15) is 6.07 Å². The third-order valence-corrected chi connectivity index (χ3v) is 1.74. The van der Waals surface area contributed by atoms with Crippen LogP contribution in [0.2, 0.25) is 0 Å². The molecule has 3 nitrogen and oxygen atoms in total. The molecule has 1 rings (SSSR count). The summed E-state index contributed by atoms with van der Waals surface area (Å²) < 4.78 is 0. The third kappa shape index (κ3) is 3.14. The fourth-order valence-corrected chi connectivity index (χ4v) is 1.10. The van der Waals surface area contributed by atoms with Crippen molar-refractivity contribution >= 4 is 0 Å². The first-order valence-corrected chi connectivity index (χ1v) is 4.88. The molecule has 0 fully saturated rings. The van der Waals surface area contributed by atoms with Crippen LogP contribution in [0.3, 0.4) is 0 Å². The quantitative estimate of drug-likeness (QED) is 0.685. The second-order valence-corrected chi connectivity index (χ2v) is 3.00. The van der Waals surface area contributed by atoms with Gasteiger partial charge in [0, 0.05) is 11.9 Å². The maximum atomic E-state index is 8.52. The Morgan fingerprint density at radius 1 is 1.36 bits per heavy atom. The van der Waals surface area contributed by atoms with Crippen LogP contribution in [0.1, 0.15) is 50.7 Å². The lowest BCUT2D eigenvalue weighted by Crippen LogP contribution is -1.99. The molecule has 0 amide bonds. The van der Waals surface area contributed by atoms with Crippen molar-refractivity contribution in [2.24, 2.45) is 0 Å². The molecule has 76 valence electrons. The van der Waals surface area contributed by atoms with Crippen LogP contribution in [-0.2, 0) is 0 Å². The molecule has 0 aliphatic heterocycles. The number of hydrogen-bond donors (Lipinski definition) is 0. The van der Waals surface area contributed by atoms with Gasteiger partial charge in [0.2, 0.25) is 5.82 Å². The standard InChI is InChI=1S/C9H11N3.C2H6/c1-6(2)8-5-11-9(4-10)12-7(8)3;1-2/h5-6H,1-3H3;1-2H3. The average molecular weight is 191 g/mol. The van der Waals surface area contributed by atoms with Crippen LogP contribution in [0.5, 0.6) is 0 Å². The first kappa shape index (κ1) is 12.6. The number of hydrogen-bond acceptors (Lipinski definition) is 3. The van der Waals surface area contributed by atoms with E-state index in [2.05, 4.69) is 23.8 Å². The molecule has 0 spiro atoms. The van der Waals surface area contributed by atoms with E-state index < -0.39 is 0 Å². The van der Waals surface area contributed by atoms with E-state index in [4.69, 9.17) is 5.26 Å². The van der Waals surface area contributed by atoms with Gasteiger partial charge in [0.05, 0.1) is 0 Å². The number of nitriles is 1. The number of nitrogens with zero attached hydrogens (tertiary/aromatic N) is 3. The van der Waals surface area contributed by atoms with E-state index >= 15 is 0 Å². The SMILES string of the molecule is CC.Cc1nc(C#N)ncc1C(C)C. The summed E-state index contributed by atoms with van der Waals surface area (Å²) in [5, 5.41) is 8.52. The summed E-state index contributed by atoms with van der Waals surface area (Å²) in [6.45, 7) is 10.1. The van der Waals surface area contributed by atoms with Gasteiger partial charge >= 0.3 is 0 Å². The Labute approximate surface area is 85.8 Å². The first-order valence-electron chi connectivity index (χ1n) is 4.88. The first-order chi connectivity index (χ1) is 6.65. The predicted octanol–water partition coefficient (Wildman–Crippen LogP) is 2.81. The van der Waals surface area contributed by atoms with Gasteiger partial charge in [0.15, 0.2) is 0 Å². The van der Waals surface area contributed by atoms with Gasteiger partial charge < -0.3 is 0 Å². The monoisotopic (exact) mass is 191 g/mol. The largest absolute Gasteiger partial charge is 0.232 e. The zero-order valence-corrected chi connectivity index (χ0v) is 9.50. The summed E-state index contributed by atoms with van der Waals surface area (Å²) in [5.41, 5.74) is 2.01. The Hall–Kier alpha value is -1.43. The normalized spacial score (nSPS) is 8.93. The highest BCUT2D eigenvalue weighted by atomic mass is 14.9. The van der Waals surface area contributed by atoms with Gasteiger partial charge in [-0.25, -0.2) is 9.97 Å². The molecule has 0 saturated heterocycles. The Morgan fingerprint density at radius 2 is 1.93 bits per heavy atom. The molecule has 14 heavy (non-hydrogen) atoms. The highest BCUT2D eigenvalue weighted by molar-refractivity contribution is 5.23. The average Bonchev–Trinajstić information content (AvgIpc) is 2.20. The summed E-state index contributed by atoms with van der Waals surface area (Å²) in [5.74, 6) is 0.662. The number of aryl methyl sites for hydroxylation is 1. The van der Waals surface area contributed by atoms with E-state index in [1.165, 1.54) is 0 Å². The van der Waals surface area contributed by atoms with Crippen LogP contribution in [0.15, 0.2) is 6.20 Å². The van der Waals surface area contributed by atoms with Gasteiger partial charge in [-0.1, -0.05) is 27.7 Å². The Bertz CT molecular complexity index is 324. The maximum absolute atomic E-state index is 8.52. The van der Waals surface area contributed by atoms with Crippen molar-refractivity contribution in [2.45, 2.75) is 40.5 Å². The molecule has 0 aliphatic rings. The smallest absolute Gasteiger partial charge is 0.227 e. The van der Waals surface area contributed by atoms with Gasteiger partial charge in [-0.3, -0.25) is 0 Å². The summed E-state index contributed by atoms with van der Waals surface area (Å²) in [6, 6.07) is 1.91. The van der Waals surface area contributed by atoms with Crippen LogP contribution in [0.4, 0.5) is 0 Å². The van der Waals surface area contributed by atoms with Crippen LogP contribution in [-0.4, -0.2) is 9.97 Å². The van der Waals surface area contributed by atoms with Crippen LogP contribution >= 0.6 is 0 Å². The van der Waals surface area contributed by atoms with Gasteiger partial charge in [0.25, 0.3) is 0 Å². The molecule has 0 saturated carbocycles. The lowest BCUT2D eigenvalue weighted by Gasteiger charge is -2.06. The highest BCUT2D eigenvalue weighted by Gasteiger charge is 2.05. The van der Waals surface area contributed by atoms with E-state index in [0.29, 0.717) is 5.92 Å². The maximum Gasteiger partial charge on any atom is 0.232 e. The van der Waals surface area contributed by atoms with Crippen molar-refractivity contribution in [1.82, 2.24) is 9.97 Å². The summed E-state index contributed by atoms with van der Waals surface area (Å²) in [6.07, 6.45) is 1.73. The Kier molecular flexibility index (Phi) is 5.47. The van der Waals surface area contributed by atoms with Crippen molar-refractivity contribution in [2.75, 3.05) is 0 Å². The Balaban J connectivity index is 0.000000791. The minimum Gasteiger partial charge on any atom is -0.227 e.